The molecule has 0 bridgehead atoms. The number of nitrogens with zero attached hydrogens (tertiary/aromatic N) is 1. The first-order chi connectivity index (χ1) is 9.51. The van der Waals surface area contributed by atoms with Crippen molar-refractivity contribution in [3.8, 4) is 0 Å². The SMILES string of the molecule is CCOC(=O)c1sc(NC(=O)c2ccc(Cl)o2)nc1C. The number of thiazole rings is 1. The van der Waals surface area contributed by atoms with Crippen LogP contribution in [0.3, 0.4) is 0 Å². The van der Waals surface area contributed by atoms with E-state index < -0.39 is 11.9 Å². The van der Waals surface area contributed by atoms with Crippen LogP contribution in [-0.2, 0) is 4.74 Å². The van der Waals surface area contributed by atoms with Crippen LogP contribution < -0.4 is 5.32 Å². The molecule has 8 heteroatoms. The number of hydrogen-bond acceptors (Lipinski definition) is 6. The molecule has 0 aliphatic carbocycles. The monoisotopic (exact) mass is 314 g/mol. The fraction of sp³-hybridized carbons (Fsp3) is 0.250. The van der Waals surface area contributed by atoms with Gasteiger partial charge in [0.05, 0.1) is 12.3 Å². The lowest BCUT2D eigenvalue weighted by atomic mass is 10.4. The minimum atomic E-state index is -0.485. The summed E-state index contributed by atoms with van der Waals surface area (Å²) in [4.78, 5) is 27.9. The zero-order chi connectivity index (χ0) is 14.7. The van der Waals surface area contributed by atoms with Gasteiger partial charge in [-0.3, -0.25) is 10.1 Å². The van der Waals surface area contributed by atoms with Crippen molar-refractivity contribution in [2.75, 3.05) is 11.9 Å². The molecule has 2 rings (SSSR count). The number of amides is 1. The molecule has 106 valence electrons. The molecular weight excluding hydrogens is 304 g/mol. The van der Waals surface area contributed by atoms with Crippen LogP contribution in [0.15, 0.2) is 16.5 Å². The van der Waals surface area contributed by atoms with Crippen molar-refractivity contribution in [2.45, 2.75) is 13.8 Å². The Labute approximate surface area is 123 Å². The Morgan fingerprint density at radius 3 is 2.85 bits per heavy atom. The summed E-state index contributed by atoms with van der Waals surface area (Å²) in [6.07, 6.45) is 0. The van der Waals surface area contributed by atoms with E-state index in [1.165, 1.54) is 12.1 Å². The molecule has 1 amide bonds. The molecule has 0 fully saturated rings. The standard InChI is InChI=1S/C12H11ClN2O4S/c1-3-18-11(17)9-6(2)14-12(20-9)15-10(16)7-4-5-8(13)19-7/h4-5H,3H2,1-2H3,(H,14,15,16). The molecule has 2 aromatic heterocycles. The zero-order valence-electron chi connectivity index (χ0n) is 10.7. The Balaban J connectivity index is 2.12. The van der Waals surface area contributed by atoms with Crippen molar-refractivity contribution in [2.24, 2.45) is 0 Å². The van der Waals surface area contributed by atoms with Crippen LogP contribution in [0.4, 0.5) is 5.13 Å². The van der Waals surface area contributed by atoms with Crippen molar-refractivity contribution in [1.82, 2.24) is 4.98 Å². The summed E-state index contributed by atoms with van der Waals surface area (Å²) < 4.78 is 9.88. The van der Waals surface area contributed by atoms with E-state index in [0.717, 1.165) is 11.3 Å². The quantitative estimate of drug-likeness (QED) is 0.877. The van der Waals surface area contributed by atoms with Crippen molar-refractivity contribution < 1.29 is 18.7 Å². The molecular formula is C12H11ClN2O4S. The van der Waals surface area contributed by atoms with Crippen LogP contribution in [0, 0.1) is 6.92 Å². The normalized spacial score (nSPS) is 10.3. The Morgan fingerprint density at radius 1 is 1.50 bits per heavy atom. The maximum Gasteiger partial charge on any atom is 0.350 e. The number of hydrogen-bond donors (Lipinski definition) is 1. The van der Waals surface area contributed by atoms with E-state index in [9.17, 15) is 9.59 Å². The van der Waals surface area contributed by atoms with Gasteiger partial charge < -0.3 is 9.15 Å². The van der Waals surface area contributed by atoms with Crippen LogP contribution in [0.1, 0.15) is 32.8 Å². The third-order valence-corrected chi connectivity index (χ3v) is 3.53. The minimum Gasteiger partial charge on any atom is -0.462 e. The fourth-order valence-electron chi connectivity index (χ4n) is 1.43. The summed E-state index contributed by atoms with van der Waals surface area (Å²) in [6.45, 7) is 3.67. The van der Waals surface area contributed by atoms with E-state index in [-0.39, 0.29) is 17.6 Å². The van der Waals surface area contributed by atoms with Gasteiger partial charge in [-0.05, 0) is 37.6 Å². The smallest absolute Gasteiger partial charge is 0.350 e. The number of esters is 1. The van der Waals surface area contributed by atoms with Gasteiger partial charge in [0.25, 0.3) is 5.91 Å². The Kier molecular flexibility index (Phi) is 4.41. The summed E-state index contributed by atoms with van der Waals surface area (Å²) in [7, 11) is 0. The average molecular weight is 315 g/mol. The van der Waals surface area contributed by atoms with E-state index in [2.05, 4.69) is 10.3 Å². The van der Waals surface area contributed by atoms with Crippen molar-refractivity contribution in [3.05, 3.63) is 33.7 Å². The third-order valence-electron chi connectivity index (χ3n) is 2.27. The first-order valence-electron chi connectivity index (χ1n) is 5.72. The molecule has 0 unspecified atom stereocenters. The third kappa shape index (κ3) is 3.17. The van der Waals surface area contributed by atoms with Crippen LogP contribution in [-0.4, -0.2) is 23.5 Å². The van der Waals surface area contributed by atoms with E-state index in [4.69, 9.17) is 20.8 Å². The minimum absolute atomic E-state index is 0.0699. The van der Waals surface area contributed by atoms with E-state index in [1.807, 2.05) is 0 Å². The van der Waals surface area contributed by atoms with E-state index in [0.29, 0.717) is 15.7 Å². The maximum absolute atomic E-state index is 11.8. The zero-order valence-corrected chi connectivity index (χ0v) is 12.3. The number of carbonyl (C=O) groups is 2. The molecule has 0 spiro atoms. The number of rotatable bonds is 4. The van der Waals surface area contributed by atoms with Gasteiger partial charge in [-0.25, -0.2) is 9.78 Å². The van der Waals surface area contributed by atoms with E-state index >= 15 is 0 Å². The second-order valence-corrected chi connectivity index (χ2v) is 5.08. The second kappa shape index (κ2) is 6.06. The topological polar surface area (TPSA) is 81.4 Å². The molecule has 0 aromatic carbocycles. The Bertz CT molecular complexity index is 650. The Hall–Kier alpha value is -1.86. The molecule has 0 saturated carbocycles. The highest BCUT2D eigenvalue weighted by Crippen LogP contribution is 2.24. The van der Waals surface area contributed by atoms with Gasteiger partial charge in [-0.2, -0.15) is 0 Å². The fourth-order valence-corrected chi connectivity index (χ4v) is 2.43. The highest BCUT2D eigenvalue weighted by Gasteiger charge is 2.19. The number of carbonyl (C=O) groups excluding carboxylic acids is 2. The number of anilines is 1. The molecule has 0 atom stereocenters. The molecule has 0 radical (unpaired) electrons. The predicted octanol–water partition coefficient (Wildman–Crippen LogP) is 3.13. The van der Waals surface area contributed by atoms with Gasteiger partial charge in [-0.1, -0.05) is 11.3 Å². The van der Waals surface area contributed by atoms with Gasteiger partial charge in [0.15, 0.2) is 16.1 Å². The van der Waals surface area contributed by atoms with Crippen LogP contribution in [0.25, 0.3) is 0 Å². The molecule has 6 nitrogen and oxygen atoms in total. The van der Waals surface area contributed by atoms with Crippen molar-refractivity contribution in [1.29, 1.82) is 0 Å². The first kappa shape index (κ1) is 14.5. The number of halogens is 1. The summed E-state index contributed by atoms with van der Waals surface area (Å²) in [5.74, 6) is -0.870. The number of nitrogens with one attached hydrogen (secondary N) is 1. The molecule has 2 aromatic rings. The van der Waals surface area contributed by atoms with E-state index in [1.54, 1.807) is 13.8 Å². The highest BCUT2D eigenvalue weighted by molar-refractivity contribution is 7.17. The summed E-state index contributed by atoms with van der Waals surface area (Å²) in [5.41, 5.74) is 0.501. The molecule has 20 heavy (non-hydrogen) atoms. The lowest BCUT2D eigenvalue weighted by Gasteiger charge is -1.98. The summed E-state index contributed by atoms with van der Waals surface area (Å²) >= 11 is 6.64. The van der Waals surface area contributed by atoms with Crippen molar-refractivity contribution in [3.63, 3.8) is 0 Å². The molecule has 0 aliphatic rings. The maximum atomic E-state index is 11.8. The van der Waals surface area contributed by atoms with Crippen LogP contribution in [0.2, 0.25) is 5.22 Å². The summed E-state index contributed by atoms with van der Waals surface area (Å²) in [6, 6.07) is 2.91. The number of aromatic nitrogens is 1. The van der Waals surface area contributed by atoms with Gasteiger partial charge in [0.1, 0.15) is 4.88 Å². The lowest BCUT2D eigenvalue weighted by molar-refractivity contribution is 0.0531. The van der Waals surface area contributed by atoms with Gasteiger partial charge in [-0.15, -0.1) is 0 Å². The first-order valence-corrected chi connectivity index (χ1v) is 6.92. The number of ether oxygens (including phenoxy) is 1. The predicted molar refractivity (Wildman–Crippen MR) is 74.5 cm³/mol. The van der Waals surface area contributed by atoms with Gasteiger partial charge in [0, 0.05) is 0 Å². The Morgan fingerprint density at radius 2 is 2.25 bits per heavy atom. The highest BCUT2D eigenvalue weighted by atomic mass is 35.5. The van der Waals surface area contributed by atoms with Gasteiger partial charge in [0.2, 0.25) is 0 Å². The molecule has 1 N–H and O–H groups in total. The lowest BCUT2D eigenvalue weighted by Crippen LogP contribution is -2.10. The summed E-state index contributed by atoms with van der Waals surface area (Å²) in [5, 5.41) is 2.96. The molecule has 0 saturated heterocycles. The second-order valence-electron chi connectivity index (χ2n) is 3.71. The van der Waals surface area contributed by atoms with Crippen LogP contribution in [0.5, 0.6) is 0 Å². The molecule has 0 aliphatic heterocycles. The van der Waals surface area contributed by atoms with Crippen LogP contribution >= 0.6 is 22.9 Å². The average Bonchev–Trinajstić information content (AvgIpc) is 2.96. The van der Waals surface area contributed by atoms with Crippen molar-refractivity contribution >= 4 is 39.9 Å². The van der Waals surface area contributed by atoms with Gasteiger partial charge >= 0.3 is 5.97 Å². The largest absolute Gasteiger partial charge is 0.462 e. The molecule has 2 heterocycles. The number of furan rings is 1. The number of aryl methyl sites for hydroxylation is 1.